The van der Waals surface area contributed by atoms with Crippen LogP contribution < -0.4 is 10.3 Å². The minimum Gasteiger partial charge on any atom is -0.383 e. The first-order valence-electron chi connectivity index (χ1n) is 4.18. The molecule has 0 atom stereocenters. The van der Waals surface area contributed by atoms with Crippen molar-refractivity contribution >= 4 is 23.2 Å². The van der Waals surface area contributed by atoms with E-state index in [0.717, 1.165) is 16.4 Å². The number of thioether (sulfide) groups is 1. The summed E-state index contributed by atoms with van der Waals surface area (Å²) in [6.45, 7) is 1.95. The smallest absolute Gasteiger partial charge is 0.275 e. The summed E-state index contributed by atoms with van der Waals surface area (Å²) in [5.41, 5.74) is 7.76. The normalized spacial score (nSPS) is 11.1. The van der Waals surface area contributed by atoms with Gasteiger partial charge in [0.2, 0.25) is 0 Å². The predicted molar refractivity (Wildman–Crippen MR) is 55.1 cm³/mol. The van der Waals surface area contributed by atoms with Gasteiger partial charge in [0.1, 0.15) is 5.82 Å². The summed E-state index contributed by atoms with van der Waals surface area (Å²) in [6.07, 6.45) is 3.71. The largest absolute Gasteiger partial charge is 0.383 e. The average molecular weight is 210 g/mol. The number of fused-ring (bicyclic) bond motifs is 1. The van der Waals surface area contributed by atoms with Gasteiger partial charge in [0.15, 0.2) is 0 Å². The number of nitrogens with zero attached hydrogens (tertiary/aromatic N) is 4. The van der Waals surface area contributed by atoms with E-state index in [9.17, 15) is 0 Å². The molecule has 0 saturated carbocycles. The van der Waals surface area contributed by atoms with Gasteiger partial charge in [-0.2, -0.15) is 4.98 Å². The number of hydrogen-bond donors (Lipinski definition) is 1. The molecule has 0 spiro atoms. The quantitative estimate of drug-likeness (QED) is 0.414. The lowest BCUT2D eigenvalue weighted by Crippen LogP contribution is -2.27. The maximum absolute atomic E-state index is 5.81. The second-order valence-corrected chi connectivity index (χ2v) is 3.86. The van der Waals surface area contributed by atoms with Crippen LogP contribution in [0.15, 0.2) is 11.5 Å². The van der Waals surface area contributed by atoms with Crippen LogP contribution in [0.5, 0.6) is 0 Å². The van der Waals surface area contributed by atoms with Crippen molar-refractivity contribution in [2.45, 2.75) is 12.1 Å². The molecule has 2 rings (SSSR count). The van der Waals surface area contributed by atoms with Crippen molar-refractivity contribution in [2.75, 3.05) is 12.0 Å². The average Bonchev–Trinajstić information content (AvgIpc) is 2.54. The Morgan fingerprint density at radius 2 is 2.29 bits per heavy atom. The van der Waals surface area contributed by atoms with Gasteiger partial charge in [-0.25, -0.2) is 4.57 Å². The van der Waals surface area contributed by atoms with E-state index in [1.807, 2.05) is 24.8 Å². The summed E-state index contributed by atoms with van der Waals surface area (Å²) in [5.74, 6) is 0.568. The molecule has 0 aliphatic heterocycles. The van der Waals surface area contributed by atoms with Crippen LogP contribution in [-0.2, 0) is 7.05 Å². The molecule has 14 heavy (non-hydrogen) atoms. The first-order chi connectivity index (χ1) is 6.65. The molecular weight excluding hydrogens is 198 g/mol. The second kappa shape index (κ2) is 3.13. The SMILES string of the molecule is CSc1nc(N)c(C)c2n1nc[n+]2C. The molecule has 6 heteroatoms. The third kappa shape index (κ3) is 1.14. The lowest BCUT2D eigenvalue weighted by molar-refractivity contribution is -0.646. The molecule has 0 unspecified atom stereocenters. The molecule has 2 heterocycles. The Balaban J connectivity index is 2.92. The zero-order valence-corrected chi connectivity index (χ0v) is 9.17. The number of rotatable bonds is 1. The molecule has 0 fully saturated rings. The molecule has 2 N–H and O–H groups in total. The molecule has 5 nitrogen and oxygen atoms in total. The fourth-order valence-corrected chi connectivity index (χ4v) is 1.93. The van der Waals surface area contributed by atoms with E-state index in [0.29, 0.717) is 5.82 Å². The van der Waals surface area contributed by atoms with E-state index in [4.69, 9.17) is 5.73 Å². The zero-order chi connectivity index (χ0) is 10.3. The number of nitrogen functional groups attached to an aromatic ring is 1. The topological polar surface area (TPSA) is 60.1 Å². The van der Waals surface area contributed by atoms with Crippen LogP contribution in [0.1, 0.15) is 5.56 Å². The van der Waals surface area contributed by atoms with Crippen molar-refractivity contribution < 1.29 is 4.57 Å². The first-order valence-corrected chi connectivity index (χ1v) is 5.41. The highest BCUT2D eigenvalue weighted by Gasteiger charge is 2.18. The third-order valence-electron chi connectivity index (χ3n) is 2.17. The van der Waals surface area contributed by atoms with Gasteiger partial charge in [-0.1, -0.05) is 11.8 Å². The lowest BCUT2D eigenvalue weighted by atomic mass is 10.3. The fraction of sp³-hybridized carbons (Fsp3) is 0.375. The number of aromatic nitrogens is 4. The fourth-order valence-electron chi connectivity index (χ4n) is 1.43. The Bertz CT molecular complexity index is 490. The molecule has 0 aliphatic carbocycles. The lowest BCUT2D eigenvalue weighted by Gasteiger charge is -2.00. The monoisotopic (exact) mass is 210 g/mol. The van der Waals surface area contributed by atoms with E-state index >= 15 is 0 Å². The summed E-state index contributed by atoms with van der Waals surface area (Å²) in [6, 6.07) is 0. The van der Waals surface area contributed by atoms with Gasteiger partial charge in [0, 0.05) is 5.10 Å². The highest BCUT2D eigenvalue weighted by Crippen LogP contribution is 2.18. The Labute approximate surface area is 85.9 Å². The van der Waals surface area contributed by atoms with E-state index < -0.39 is 0 Å². The Hall–Kier alpha value is -1.30. The van der Waals surface area contributed by atoms with Gasteiger partial charge in [-0.15, -0.1) is 0 Å². The van der Waals surface area contributed by atoms with Crippen LogP contribution in [0.2, 0.25) is 0 Å². The molecule has 2 aromatic heterocycles. The molecule has 2 aromatic rings. The molecule has 0 saturated heterocycles. The molecule has 0 aromatic carbocycles. The highest BCUT2D eigenvalue weighted by molar-refractivity contribution is 7.98. The molecular formula is C8H12N5S+. The van der Waals surface area contributed by atoms with Crippen molar-refractivity contribution in [1.82, 2.24) is 14.6 Å². The molecule has 0 aliphatic rings. The van der Waals surface area contributed by atoms with Crippen LogP contribution in [0, 0.1) is 6.92 Å². The summed E-state index contributed by atoms with van der Waals surface area (Å²) in [5, 5.41) is 5.04. The number of nitrogens with two attached hydrogens (primary N) is 1. The van der Waals surface area contributed by atoms with Crippen molar-refractivity contribution in [2.24, 2.45) is 7.05 Å². The van der Waals surface area contributed by atoms with Crippen molar-refractivity contribution in [3.8, 4) is 0 Å². The first kappa shape index (κ1) is 9.26. The van der Waals surface area contributed by atoms with Crippen LogP contribution in [0.3, 0.4) is 0 Å². The summed E-state index contributed by atoms with van der Waals surface area (Å²) >= 11 is 1.53. The summed E-state index contributed by atoms with van der Waals surface area (Å²) in [4.78, 5) is 4.26. The zero-order valence-electron chi connectivity index (χ0n) is 8.35. The molecule has 74 valence electrons. The maximum atomic E-state index is 5.81. The Kier molecular flexibility index (Phi) is 2.07. The Morgan fingerprint density at radius 1 is 1.57 bits per heavy atom. The highest BCUT2D eigenvalue weighted by atomic mass is 32.2. The predicted octanol–water partition coefficient (Wildman–Crippen LogP) is 0.166. The van der Waals surface area contributed by atoms with E-state index in [1.54, 1.807) is 10.8 Å². The van der Waals surface area contributed by atoms with Crippen molar-refractivity contribution in [3.05, 3.63) is 11.9 Å². The third-order valence-corrected chi connectivity index (χ3v) is 2.80. The number of anilines is 1. The maximum Gasteiger partial charge on any atom is 0.275 e. The standard InChI is InChI=1S/C8H11N5S/c1-5-6(9)11-8(14-3)13-7(5)12(2)4-10-13/h4,9H,1-3H3/p+1. The van der Waals surface area contributed by atoms with Gasteiger partial charge in [0.25, 0.3) is 17.1 Å². The molecule has 0 amide bonds. The van der Waals surface area contributed by atoms with E-state index in [1.165, 1.54) is 11.8 Å². The van der Waals surface area contributed by atoms with Crippen molar-refractivity contribution in [1.29, 1.82) is 0 Å². The second-order valence-electron chi connectivity index (χ2n) is 3.09. The number of aryl methyl sites for hydroxylation is 2. The van der Waals surface area contributed by atoms with Crippen LogP contribution in [-0.4, -0.2) is 20.9 Å². The van der Waals surface area contributed by atoms with Gasteiger partial charge in [-0.3, -0.25) is 0 Å². The van der Waals surface area contributed by atoms with E-state index in [-0.39, 0.29) is 0 Å². The Morgan fingerprint density at radius 3 is 2.93 bits per heavy atom. The molecule has 0 bridgehead atoms. The minimum absolute atomic E-state index is 0.568. The van der Waals surface area contributed by atoms with Crippen molar-refractivity contribution in [3.63, 3.8) is 0 Å². The van der Waals surface area contributed by atoms with Gasteiger partial charge >= 0.3 is 0 Å². The van der Waals surface area contributed by atoms with Crippen LogP contribution in [0.4, 0.5) is 5.82 Å². The van der Waals surface area contributed by atoms with Gasteiger partial charge in [-0.05, 0) is 17.7 Å². The van der Waals surface area contributed by atoms with Gasteiger partial charge < -0.3 is 5.73 Å². The summed E-state index contributed by atoms with van der Waals surface area (Å²) < 4.78 is 3.74. The minimum atomic E-state index is 0.568. The van der Waals surface area contributed by atoms with Crippen LogP contribution >= 0.6 is 11.8 Å². The van der Waals surface area contributed by atoms with Crippen LogP contribution in [0.25, 0.3) is 5.65 Å². The van der Waals surface area contributed by atoms with Gasteiger partial charge in [0.05, 0.1) is 12.6 Å². The number of hydrogen-bond acceptors (Lipinski definition) is 4. The summed E-state index contributed by atoms with van der Waals surface area (Å²) in [7, 11) is 1.94. The van der Waals surface area contributed by atoms with E-state index in [2.05, 4.69) is 10.1 Å². The molecule has 0 radical (unpaired) electrons.